The van der Waals surface area contributed by atoms with Crippen molar-refractivity contribution >= 4 is 16.2 Å². The highest BCUT2D eigenvalue weighted by Gasteiger charge is 2.13. The van der Waals surface area contributed by atoms with Gasteiger partial charge in [-0.15, -0.1) is 0 Å². The Morgan fingerprint density at radius 1 is 1.07 bits per heavy atom. The van der Waals surface area contributed by atoms with Crippen LogP contribution in [0.1, 0.15) is 37.5 Å². The van der Waals surface area contributed by atoms with Gasteiger partial charge in [-0.2, -0.15) is 13.5 Å². The van der Waals surface area contributed by atoms with Crippen LogP contribution in [-0.4, -0.2) is 27.3 Å². The molecule has 0 radical (unpaired) electrons. The largest absolute Gasteiger partial charge is 0.490 e. The molecule has 7 heteroatoms. The molecule has 1 N–H and O–H groups in total. The van der Waals surface area contributed by atoms with Crippen molar-refractivity contribution in [2.75, 3.05) is 6.61 Å². The summed E-state index contributed by atoms with van der Waals surface area (Å²) < 4.78 is 36.0. The van der Waals surface area contributed by atoms with Gasteiger partial charge in [0.25, 0.3) is 10.0 Å². The van der Waals surface area contributed by atoms with E-state index >= 15 is 0 Å². The SMILES string of the molecule is CCOc1cc(/C=N/NS(=O)(=O)c2ccc(C)c(C)c2)ccc1OC(C)C. The fourth-order valence-electron chi connectivity index (χ4n) is 2.33. The van der Waals surface area contributed by atoms with Gasteiger partial charge in [0.1, 0.15) is 0 Å². The van der Waals surface area contributed by atoms with Crippen molar-refractivity contribution in [1.82, 2.24) is 4.83 Å². The molecule has 0 aromatic heterocycles. The van der Waals surface area contributed by atoms with Crippen molar-refractivity contribution < 1.29 is 17.9 Å². The average Bonchev–Trinajstić information content (AvgIpc) is 2.59. The first-order valence-corrected chi connectivity index (χ1v) is 10.3. The number of sulfonamides is 1. The van der Waals surface area contributed by atoms with Gasteiger partial charge in [-0.25, -0.2) is 4.83 Å². The van der Waals surface area contributed by atoms with Crippen molar-refractivity contribution in [3.05, 3.63) is 53.1 Å². The molecule has 27 heavy (non-hydrogen) atoms. The summed E-state index contributed by atoms with van der Waals surface area (Å²) in [6, 6.07) is 10.3. The highest BCUT2D eigenvalue weighted by molar-refractivity contribution is 7.89. The fraction of sp³-hybridized carbons (Fsp3) is 0.350. The second kappa shape index (κ2) is 8.90. The summed E-state index contributed by atoms with van der Waals surface area (Å²) in [4.78, 5) is 2.42. The molecule has 0 aliphatic heterocycles. The predicted molar refractivity (Wildman–Crippen MR) is 107 cm³/mol. The number of hydrogen-bond acceptors (Lipinski definition) is 5. The van der Waals surface area contributed by atoms with E-state index in [4.69, 9.17) is 9.47 Å². The fourth-order valence-corrected chi connectivity index (χ4v) is 3.20. The Morgan fingerprint density at radius 2 is 1.81 bits per heavy atom. The second-order valence-electron chi connectivity index (χ2n) is 6.40. The topological polar surface area (TPSA) is 77.0 Å². The maximum atomic E-state index is 12.4. The molecule has 0 aliphatic carbocycles. The van der Waals surface area contributed by atoms with Crippen LogP contribution in [0.3, 0.4) is 0 Å². The van der Waals surface area contributed by atoms with E-state index in [-0.39, 0.29) is 11.0 Å². The molecule has 2 aromatic carbocycles. The number of hydrogen-bond donors (Lipinski definition) is 1. The lowest BCUT2D eigenvalue weighted by molar-refractivity contribution is 0.224. The van der Waals surface area contributed by atoms with Crippen molar-refractivity contribution in [2.45, 2.75) is 45.6 Å². The van der Waals surface area contributed by atoms with E-state index in [9.17, 15) is 8.42 Å². The van der Waals surface area contributed by atoms with E-state index in [1.54, 1.807) is 36.4 Å². The summed E-state index contributed by atoms with van der Waals surface area (Å²) in [5, 5.41) is 3.87. The predicted octanol–water partition coefficient (Wildman–Crippen LogP) is 3.80. The third-order valence-corrected chi connectivity index (χ3v) is 5.03. The average molecular weight is 391 g/mol. The highest BCUT2D eigenvalue weighted by Crippen LogP contribution is 2.29. The summed E-state index contributed by atoms with van der Waals surface area (Å²) in [6.45, 7) is 10.1. The zero-order valence-electron chi connectivity index (χ0n) is 16.3. The van der Waals surface area contributed by atoms with Gasteiger partial charge in [0.15, 0.2) is 11.5 Å². The van der Waals surface area contributed by atoms with Gasteiger partial charge in [0, 0.05) is 0 Å². The molecule has 0 bridgehead atoms. The Bertz CT molecular complexity index is 922. The monoisotopic (exact) mass is 390 g/mol. The molecular formula is C20H26N2O4S. The van der Waals surface area contributed by atoms with Gasteiger partial charge < -0.3 is 9.47 Å². The normalized spacial score (nSPS) is 11.8. The van der Waals surface area contributed by atoms with Crippen LogP contribution in [0, 0.1) is 13.8 Å². The first-order chi connectivity index (χ1) is 12.7. The summed E-state index contributed by atoms with van der Waals surface area (Å²) in [5.41, 5.74) is 2.63. The molecule has 0 fully saturated rings. The van der Waals surface area contributed by atoms with Gasteiger partial charge in [0.05, 0.1) is 23.8 Å². The Labute approximate surface area is 161 Å². The highest BCUT2D eigenvalue weighted by atomic mass is 32.2. The summed E-state index contributed by atoms with van der Waals surface area (Å²) in [7, 11) is -3.72. The quantitative estimate of drug-likeness (QED) is 0.549. The number of benzene rings is 2. The van der Waals surface area contributed by atoms with Crippen LogP contribution >= 0.6 is 0 Å². The smallest absolute Gasteiger partial charge is 0.276 e. The van der Waals surface area contributed by atoms with E-state index in [0.29, 0.717) is 23.7 Å². The molecule has 0 aliphatic rings. The van der Waals surface area contributed by atoms with E-state index in [1.165, 1.54) is 6.21 Å². The number of rotatable bonds is 8. The van der Waals surface area contributed by atoms with Crippen molar-refractivity contribution in [2.24, 2.45) is 5.10 Å². The molecule has 0 amide bonds. The van der Waals surface area contributed by atoms with Crippen molar-refractivity contribution in [3.63, 3.8) is 0 Å². The summed E-state index contributed by atoms with van der Waals surface area (Å²) in [5.74, 6) is 1.23. The molecule has 0 atom stereocenters. The Kier molecular flexibility index (Phi) is 6.85. The first kappa shape index (κ1) is 20.8. The number of hydrazone groups is 1. The van der Waals surface area contributed by atoms with Gasteiger partial charge >= 0.3 is 0 Å². The van der Waals surface area contributed by atoms with Crippen LogP contribution in [-0.2, 0) is 10.0 Å². The van der Waals surface area contributed by atoms with Crippen LogP contribution in [0.4, 0.5) is 0 Å². The number of nitrogens with one attached hydrogen (secondary N) is 1. The number of ether oxygens (including phenoxy) is 2. The minimum absolute atomic E-state index is 0.0218. The second-order valence-corrected chi connectivity index (χ2v) is 8.07. The zero-order valence-corrected chi connectivity index (χ0v) is 17.1. The molecular weight excluding hydrogens is 364 g/mol. The Balaban J connectivity index is 2.17. The van der Waals surface area contributed by atoms with E-state index < -0.39 is 10.0 Å². The summed E-state index contributed by atoms with van der Waals surface area (Å²) >= 11 is 0. The minimum Gasteiger partial charge on any atom is -0.490 e. The number of nitrogens with zero attached hydrogens (tertiary/aromatic N) is 1. The van der Waals surface area contributed by atoms with Crippen LogP contribution < -0.4 is 14.3 Å². The third kappa shape index (κ3) is 5.72. The van der Waals surface area contributed by atoms with Gasteiger partial charge in [-0.3, -0.25) is 0 Å². The first-order valence-electron chi connectivity index (χ1n) is 8.78. The maximum absolute atomic E-state index is 12.4. The zero-order chi connectivity index (χ0) is 20.0. The molecule has 146 valence electrons. The van der Waals surface area contributed by atoms with Crippen molar-refractivity contribution in [1.29, 1.82) is 0 Å². The number of aryl methyl sites for hydroxylation is 2. The molecule has 0 saturated heterocycles. The molecule has 0 unspecified atom stereocenters. The van der Waals surface area contributed by atoms with E-state index in [2.05, 4.69) is 9.93 Å². The Morgan fingerprint density at radius 3 is 2.44 bits per heavy atom. The maximum Gasteiger partial charge on any atom is 0.276 e. The molecule has 0 heterocycles. The standard InChI is InChI=1S/C20H26N2O4S/c1-6-25-20-12-17(8-10-19(20)26-14(2)3)13-21-22-27(23,24)18-9-7-15(4)16(5)11-18/h7-14,22H,6H2,1-5H3/b21-13+. The van der Waals surface area contributed by atoms with E-state index in [1.807, 2.05) is 34.6 Å². The lowest BCUT2D eigenvalue weighted by atomic mass is 10.1. The molecule has 0 spiro atoms. The Hall–Kier alpha value is -2.54. The van der Waals surface area contributed by atoms with Gasteiger partial charge in [-0.05, 0) is 81.6 Å². The van der Waals surface area contributed by atoms with Crippen LogP contribution in [0.5, 0.6) is 11.5 Å². The molecule has 2 aromatic rings. The van der Waals surface area contributed by atoms with E-state index in [0.717, 1.165) is 11.1 Å². The van der Waals surface area contributed by atoms with Crippen LogP contribution in [0.15, 0.2) is 46.4 Å². The lowest BCUT2D eigenvalue weighted by Crippen LogP contribution is -2.18. The van der Waals surface area contributed by atoms with Gasteiger partial charge in [0.2, 0.25) is 0 Å². The minimum atomic E-state index is -3.72. The van der Waals surface area contributed by atoms with Gasteiger partial charge in [-0.1, -0.05) is 6.07 Å². The summed E-state index contributed by atoms with van der Waals surface area (Å²) in [6.07, 6.45) is 1.45. The van der Waals surface area contributed by atoms with Crippen LogP contribution in [0.25, 0.3) is 0 Å². The third-order valence-electron chi connectivity index (χ3n) is 3.81. The molecule has 0 saturated carbocycles. The molecule has 2 rings (SSSR count). The lowest BCUT2D eigenvalue weighted by Gasteiger charge is -2.14. The van der Waals surface area contributed by atoms with Crippen molar-refractivity contribution in [3.8, 4) is 11.5 Å². The van der Waals surface area contributed by atoms with Crippen LogP contribution in [0.2, 0.25) is 0 Å². The molecule has 6 nitrogen and oxygen atoms in total.